The molecule has 5 aromatic carbocycles. The van der Waals surface area contributed by atoms with Gasteiger partial charge in [0, 0.05) is 45.1 Å². The standard InChI is InChI=1S/C27H18N2.C7H10.CH4/c1-29-25-11-10-18-12-16-6-2-3-7-17(16)13-20(18)27(25)22-14-21-19-8-4-5-9-23(19)28-24(21)15-26(22)29;1-7-5-3-2-4-6-7;/h2-15,28H,1H3;2-3H,1,4-6H2;1H4. The Labute approximate surface area is 217 Å². The fourth-order valence-electron chi connectivity index (χ4n) is 5.82. The molecule has 37 heavy (non-hydrogen) atoms. The minimum absolute atomic E-state index is 0. The molecule has 0 amide bonds. The number of benzene rings is 5. The highest BCUT2D eigenvalue weighted by atomic mass is 14.9. The minimum Gasteiger partial charge on any atom is -0.354 e. The molecule has 0 bridgehead atoms. The second-order valence-electron chi connectivity index (χ2n) is 9.99. The van der Waals surface area contributed by atoms with E-state index in [4.69, 9.17) is 0 Å². The van der Waals surface area contributed by atoms with Crippen molar-refractivity contribution in [3.8, 4) is 0 Å². The Morgan fingerprint density at radius 1 is 0.676 bits per heavy atom. The van der Waals surface area contributed by atoms with Gasteiger partial charge in [0.15, 0.2) is 0 Å². The van der Waals surface area contributed by atoms with Crippen LogP contribution in [0.1, 0.15) is 26.7 Å². The molecule has 2 nitrogen and oxygen atoms in total. The van der Waals surface area contributed by atoms with E-state index in [2.05, 4.69) is 120 Å². The van der Waals surface area contributed by atoms with Crippen LogP contribution in [0.4, 0.5) is 0 Å². The molecule has 0 atom stereocenters. The van der Waals surface area contributed by atoms with Crippen molar-refractivity contribution in [2.75, 3.05) is 0 Å². The zero-order valence-electron chi connectivity index (χ0n) is 20.5. The van der Waals surface area contributed by atoms with Crippen LogP contribution in [0.25, 0.3) is 65.2 Å². The Bertz CT molecular complexity index is 2000. The number of nitrogens with one attached hydrogen (secondary N) is 1. The lowest BCUT2D eigenvalue weighted by atomic mass is 9.99. The van der Waals surface area contributed by atoms with E-state index in [0.29, 0.717) is 0 Å². The molecule has 0 unspecified atom stereocenters. The molecule has 8 rings (SSSR count). The van der Waals surface area contributed by atoms with E-state index in [1.54, 1.807) is 0 Å². The Kier molecular flexibility index (Phi) is 5.61. The largest absolute Gasteiger partial charge is 0.354 e. The first-order valence-electron chi connectivity index (χ1n) is 12.7. The maximum absolute atomic E-state index is 3.86. The topological polar surface area (TPSA) is 20.7 Å². The van der Waals surface area contributed by atoms with Crippen LogP contribution < -0.4 is 0 Å². The van der Waals surface area contributed by atoms with Crippen LogP contribution in [-0.4, -0.2) is 9.55 Å². The predicted molar refractivity (Wildman–Crippen MR) is 164 cm³/mol. The maximum Gasteiger partial charge on any atom is 0.0510 e. The highest BCUT2D eigenvalue weighted by molar-refractivity contribution is 6.25. The van der Waals surface area contributed by atoms with Gasteiger partial charge in [-0.15, -0.1) is 0 Å². The second kappa shape index (κ2) is 8.97. The van der Waals surface area contributed by atoms with Crippen molar-refractivity contribution >= 4 is 65.2 Å². The van der Waals surface area contributed by atoms with Crippen LogP contribution in [0.2, 0.25) is 0 Å². The number of H-pyrrole nitrogens is 1. The molecule has 0 radical (unpaired) electrons. The molecule has 0 saturated heterocycles. The molecule has 1 aliphatic rings. The fourth-order valence-corrected chi connectivity index (χ4v) is 5.82. The van der Waals surface area contributed by atoms with Gasteiger partial charge < -0.3 is 9.55 Å². The van der Waals surface area contributed by atoms with Crippen LogP contribution in [0.15, 0.2) is 109 Å². The number of aromatic amines is 1. The number of hydrogen-bond acceptors (Lipinski definition) is 0. The van der Waals surface area contributed by atoms with Gasteiger partial charge in [-0.05, 0) is 77.2 Å². The van der Waals surface area contributed by atoms with Crippen molar-refractivity contribution in [3.63, 3.8) is 0 Å². The Morgan fingerprint density at radius 2 is 1.46 bits per heavy atom. The average Bonchev–Trinajstić information content (AvgIpc) is 3.42. The van der Waals surface area contributed by atoms with Gasteiger partial charge in [0.2, 0.25) is 0 Å². The van der Waals surface area contributed by atoms with Crippen molar-refractivity contribution in [2.45, 2.75) is 26.7 Å². The van der Waals surface area contributed by atoms with Gasteiger partial charge in [0.05, 0.1) is 5.52 Å². The number of nitrogens with zero attached hydrogens (tertiary/aromatic N) is 1. The molecular weight excluding hydrogens is 448 g/mol. The first kappa shape index (κ1) is 23.1. The molecule has 1 N–H and O–H groups in total. The monoisotopic (exact) mass is 480 g/mol. The maximum atomic E-state index is 3.86. The summed E-state index contributed by atoms with van der Waals surface area (Å²) in [6, 6.07) is 31.0. The van der Waals surface area contributed by atoms with Gasteiger partial charge in [-0.2, -0.15) is 0 Å². The smallest absolute Gasteiger partial charge is 0.0510 e. The van der Waals surface area contributed by atoms with Gasteiger partial charge in [-0.3, -0.25) is 0 Å². The summed E-state index contributed by atoms with van der Waals surface area (Å²) in [7, 11) is 2.17. The highest BCUT2D eigenvalue weighted by Gasteiger charge is 2.15. The summed E-state index contributed by atoms with van der Waals surface area (Å²) in [6.45, 7) is 3.86. The number of aryl methyl sites for hydroxylation is 1. The molecule has 182 valence electrons. The summed E-state index contributed by atoms with van der Waals surface area (Å²) in [6.07, 6.45) is 7.93. The van der Waals surface area contributed by atoms with Crippen LogP contribution in [0, 0.1) is 0 Å². The van der Waals surface area contributed by atoms with E-state index in [1.807, 2.05) is 0 Å². The lowest BCUT2D eigenvalue weighted by Crippen LogP contribution is -1.86. The summed E-state index contributed by atoms with van der Waals surface area (Å²) in [5.74, 6) is 0. The van der Waals surface area contributed by atoms with E-state index in [-0.39, 0.29) is 7.43 Å². The van der Waals surface area contributed by atoms with Gasteiger partial charge in [0.25, 0.3) is 0 Å². The number of hydrogen-bond donors (Lipinski definition) is 1. The van der Waals surface area contributed by atoms with E-state index in [1.165, 1.54) is 83.6 Å². The number of para-hydroxylation sites is 1. The summed E-state index contributed by atoms with van der Waals surface area (Å²) < 4.78 is 2.32. The first-order chi connectivity index (χ1) is 17.7. The molecule has 0 saturated carbocycles. The molecular formula is C35H32N2. The lowest BCUT2D eigenvalue weighted by molar-refractivity contribution is 0.906. The molecule has 1 aliphatic carbocycles. The zero-order valence-corrected chi connectivity index (χ0v) is 20.5. The first-order valence-corrected chi connectivity index (χ1v) is 12.7. The van der Waals surface area contributed by atoms with Crippen molar-refractivity contribution in [1.82, 2.24) is 9.55 Å². The second-order valence-corrected chi connectivity index (χ2v) is 9.99. The van der Waals surface area contributed by atoms with E-state index < -0.39 is 0 Å². The number of allylic oxidation sites excluding steroid dienone is 3. The zero-order chi connectivity index (χ0) is 24.2. The quantitative estimate of drug-likeness (QED) is 0.165. The number of fused-ring (bicyclic) bond motifs is 9. The Morgan fingerprint density at radius 3 is 2.22 bits per heavy atom. The lowest BCUT2D eigenvalue weighted by Gasteiger charge is -2.05. The third-order valence-electron chi connectivity index (χ3n) is 7.72. The fraction of sp³-hybridized carbons (Fsp3) is 0.143. The molecule has 7 aromatic rings. The highest BCUT2D eigenvalue weighted by Crippen LogP contribution is 2.39. The van der Waals surface area contributed by atoms with Crippen LogP contribution in [-0.2, 0) is 7.05 Å². The predicted octanol–water partition coefficient (Wildman–Crippen LogP) is 10.2. The van der Waals surface area contributed by atoms with Crippen LogP contribution >= 0.6 is 0 Å². The third-order valence-corrected chi connectivity index (χ3v) is 7.72. The molecule has 0 aliphatic heterocycles. The van der Waals surface area contributed by atoms with Gasteiger partial charge in [0.1, 0.15) is 0 Å². The van der Waals surface area contributed by atoms with E-state index in [9.17, 15) is 0 Å². The minimum atomic E-state index is 0. The molecule has 0 fully saturated rings. The van der Waals surface area contributed by atoms with Gasteiger partial charge in [-0.25, -0.2) is 0 Å². The summed E-state index contributed by atoms with van der Waals surface area (Å²) >= 11 is 0. The summed E-state index contributed by atoms with van der Waals surface area (Å²) in [5.41, 5.74) is 6.30. The molecule has 2 heteroatoms. The van der Waals surface area contributed by atoms with Gasteiger partial charge >= 0.3 is 0 Å². The summed E-state index contributed by atoms with van der Waals surface area (Å²) in [5, 5.41) is 10.4. The van der Waals surface area contributed by atoms with Crippen molar-refractivity contribution in [1.29, 1.82) is 0 Å². The van der Waals surface area contributed by atoms with Crippen LogP contribution in [0.3, 0.4) is 0 Å². The Balaban J connectivity index is 0.000000276. The normalized spacial score (nSPS) is 13.5. The summed E-state index contributed by atoms with van der Waals surface area (Å²) in [4.78, 5) is 3.59. The van der Waals surface area contributed by atoms with Gasteiger partial charge in [-0.1, -0.05) is 80.3 Å². The third kappa shape index (κ3) is 3.72. The van der Waals surface area contributed by atoms with Crippen LogP contribution in [0.5, 0.6) is 0 Å². The van der Waals surface area contributed by atoms with Crippen molar-refractivity contribution in [2.24, 2.45) is 7.05 Å². The molecule has 2 aromatic heterocycles. The SMILES string of the molecule is C.C=C1CC=CCC1.Cn1c2cc3[nH]c4ccccc4c3cc2c2c3cc4ccccc4cc3ccc21. The average molecular weight is 481 g/mol. The van der Waals surface area contributed by atoms with Crippen molar-refractivity contribution in [3.05, 3.63) is 109 Å². The molecule has 2 heterocycles. The van der Waals surface area contributed by atoms with E-state index >= 15 is 0 Å². The molecule has 0 spiro atoms. The Hall–Kier alpha value is -4.30. The van der Waals surface area contributed by atoms with Crippen molar-refractivity contribution < 1.29 is 0 Å². The number of rotatable bonds is 0. The van der Waals surface area contributed by atoms with E-state index in [0.717, 1.165) is 6.42 Å². The number of aromatic nitrogens is 2.